The second-order valence-electron chi connectivity index (χ2n) is 5.16. The molecule has 1 aliphatic carbocycles. The summed E-state index contributed by atoms with van der Waals surface area (Å²) >= 11 is 8.96. The van der Waals surface area contributed by atoms with Gasteiger partial charge in [-0.15, -0.1) is 0 Å². The Labute approximate surface area is 136 Å². The van der Waals surface area contributed by atoms with Crippen LogP contribution in [-0.2, 0) is 10.0 Å². The highest BCUT2D eigenvalue weighted by atomic mass is 79.9. The van der Waals surface area contributed by atoms with Gasteiger partial charge in [0.1, 0.15) is 0 Å². The van der Waals surface area contributed by atoms with Gasteiger partial charge in [0.15, 0.2) is 0 Å². The maximum atomic E-state index is 12.5. The van der Waals surface area contributed by atoms with Crippen LogP contribution >= 0.6 is 27.5 Å². The van der Waals surface area contributed by atoms with Crippen LogP contribution in [0.25, 0.3) is 0 Å². The molecule has 2 N–H and O–H groups in total. The van der Waals surface area contributed by atoms with Crippen LogP contribution in [0.3, 0.4) is 0 Å². The van der Waals surface area contributed by atoms with Crippen molar-refractivity contribution in [2.24, 2.45) is 0 Å². The van der Waals surface area contributed by atoms with Crippen LogP contribution in [0.15, 0.2) is 21.5 Å². The highest BCUT2D eigenvalue weighted by molar-refractivity contribution is 9.10. The first-order valence-electron chi connectivity index (χ1n) is 6.47. The van der Waals surface area contributed by atoms with E-state index in [0.29, 0.717) is 6.42 Å². The Morgan fingerprint density at radius 1 is 1.48 bits per heavy atom. The number of carboxylic acids is 1. The maximum absolute atomic E-state index is 12.5. The van der Waals surface area contributed by atoms with Gasteiger partial charge in [-0.1, -0.05) is 18.5 Å². The highest BCUT2D eigenvalue weighted by Crippen LogP contribution is 2.37. The van der Waals surface area contributed by atoms with Gasteiger partial charge in [-0.2, -0.15) is 0 Å². The lowest BCUT2D eigenvalue weighted by molar-refractivity contribution is 0.0696. The van der Waals surface area contributed by atoms with Crippen LogP contribution in [0.1, 0.15) is 43.0 Å². The Balaban J connectivity index is 2.43. The van der Waals surface area contributed by atoms with E-state index in [2.05, 4.69) is 20.7 Å². The molecule has 0 heterocycles. The number of aromatic carboxylic acids is 1. The van der Waals surface area contributed by atoms with Gasteiger partial charge in [-0.25, -0.2) is 17.9 Å². The van der Waals surface area contributed by atoms with Gasteiger partial charge in [-0.05, 0) is 53.7 Å². The lowest BCUT2D eigenvalue weighted by Gasteiger charge is -2.41. The third-order valence-electron chi connectivity index (χ3n) is 3.88. The Morgan fingerprint density at radius 2 is 2.10 bits per heavy atom. The van der Waals surface area contributed by atoms with Crippen LogP contribution in [-0.4, -0.2) is 25.0 Å². The lowest BCUT2D eigenvalue weighted by Crippen LogP contribution is -2.52. The molecule has 0 aliphatic heterocycles. The van der Waals surface area contributed by atoms with E-state index in [9.17, 15) is 13.2 Å². The number of rotatable bonds is 5. The molecule has 0 amide bonds. The van der Waals surface area contributed by atoms with Gasteiger partial charge in [0.2, 0.25) is 10.0 Å². The van der Waals surface area contributed by atoms with E-state index in [-0.39, 0.29) is 20.0 Å². The van der Waals surface area contributed by atoms with E-state index in [1.807, 2.05) is 6.92 Å². The fourth-order valence-electron chi connectivity index (χ4n) is 2.35. The van der Waals surface area contributed by atoms with Crippen molar-refractivity contribution < 1.29 is 18.3 Å². The largest absolute Gasteiger partial charge is 0.478 e. The summed E-state index contributed by atoms with van der Waals surface area (Å²) in [6, 6.07) is 2.40. The summed E-state index contributed by atoms with van der Waals surface area (Å²) in [5, 5.41) is 9.08. The number of sulfonamides is 1. The normalized spacial score (nSPS) is 17.3. The molecule has 0 aromatic heterocycles. The minimum absolute atomic E-state index is 0.0182. The quantitative estimate of drug-likeness (QED) is 0.799. The molecule has 0 atom stereocenters. The van der Waals surface area contributed by atoms with E-state index >= 15 is 0 Å². The Bertz CT molecular complexity index is 680. The van der Waals surface area contributed by atoms with Crippen molar-refractivity contribution in [1.29, 1.82) is 0 Å². The summed E-state index contributed by atoms with van der Waals surface area (Å²) < 4.78 is 27.9. The van der Waals surface area contributed by atoms with Gasteiger partial charge >= 0.3 is 5.97 Å². The molecular formula is C13H15BrClNO4S. The summed E-state index contributed by atoms with van der Waals surface area (Å²) in [5.41, 5.74) is -0.653. The molecule has 8 heteroatoms. The van der Waals surface area contributed by atoms with Crippen LogP contribution in [0.5, 0.6) is 0 Å². The third kappa shape index (κ3) is 3.26. The molecule has 0 bridgehead atoms. The molecule has 1 aliphatic rings. The van der Waals surface area contributed by atoms with E-state index in [4.69, 9.17) is 16.7 Å². The molecule has 21 heavy (non-hydrogen) atoms. The molecular weight excluding hydrogens is 382 g/mol. The molecule has 0 unspecified atom stereocenters. The minimum atomic E-state index is -3.79. The Morgan fingerprint density at radius 3 is 2.52 bits per heavy atom. The maximum Gasteiger partial charge on any atom is 0.337 e. The number of benzene rings is 1. The Kier molecular flexibility index (Phi) is 4.68. The van der Waals surface area contributed by atoms with Crippen molar-refractivity contribution in [3.8, 4) is 0 Å². The smallest absolute Gasteiger partial charge is 0.337 e. The second kappa shape index (κ2) is 5.87. The molecule has 1 fully saturated rings. The summed E-state index contributed by atoms with van der Waals surface area (Å²) in [4.78, 5) is 11.0. The number of halogens is 2. The predicted octanol–water partition coefficient (Wildman–Crippen LogP) is 3.41. The first-order valence-corrected chi connectivity index (χ1v) is 9.12. The van der Waals surface area contributed by atoms with E-state index < -0.39 is 21.5 Å². The summed E-state index contributed by atoms with van der Waals surface area (Å²) in [7, 11) is -3.79. The molecule has 5 nitrogen and oxygen atoms in total. The van der Waals surface area contributed by atoms with E-state index in [1.54, 1.807) is 0 Å². The Hall–Kier alpha value is -0.630. The molecule has 1 aromatic rings. The van der Waals surface area contributed by atoms with E-state index in [1.165, 1.54) is 6.07 Å². The molecule has 2 rings (SSSR count). The zero-order valence-electron chi connectivity index (χ0n) is 11.3. The zero-order valence-corrected chi connectivity index (χ0v) is 14.5. The molecule has 1 saturated carbocycles. The molecule has 1 aromatic carbocycles. The monoisotopic (exact) mass is 395 g/mol. The SMILES string of the molecule is CCC1(NS(=O)(=O)c2cc(Br)c(Cl)c(C(=O)O)c2)CCC1. The molecule has 0 spiro atoms. The van der Waals surface area contributed by atoms with Crippen molar-refractivity contribution >= 4 is 43.5 Å². The fraction of sp³-hybridized carbons (Fsp3) is 0.462. The van der Waals surface area contributed by atoms with Gasteiger partial charge < -0.3 is 5.11 Å². The highest BCUT2D eigenvalue weighted by Gasteiger charge is 2.39. The fourth-order valence-corrected chi connectivity index (χ4v) is 4.73. The first kappa shape index (κ1) is 16.7. The summed E-state index contributed by atoms with van der Waals surface area (Å²) in [6.07, 6.45) is 3.28. The molecule has 116 valence electrons. The standard InChI is InChI=1S/C13H15BrClNO4S/c1-2-13(4-3-5-13)16-21(19,20)8-6-9(12(17)18)11(15)10(14)7-8/h6-7,16H,2-5H2,1H3,(H,17,18). The first-order chi connectivity index (χ1) is 9.71. The van der Waals surface area contributed by atoms with Crippen LogP contribution in [0.4, 0.5) is 0 Å². The average Bonchev–Trinajstić information content (AvgIpc) is 2.36. The van der Waals surface area contributed by atoms with Gasteiger partial charge in [-0.3, -0.25) is 0 Å². The zero-order chi connectivity index (χ0) is 15.8. The van der Waals surface area contributed by atoms with Crippen molar-refractivity contribution in [2.75, 3.05) is 0 Å². The second-order valence-corrected chi connectivity index (χ2v) is 8.08. The number of carboxylic acid groups (broad SMARTS) is 1. The van der Waals surface area contributed by atoms with Gasteiger partial charge in [0.25, 0.3) is 0 Å². The van der Waals surface area contributed by atoms with Gasteiger partial charge in [0, 0.05) is 10.0 Å². The number of hydrogen-bond donors (Lipinski definition) is 2. The lowest BCUT2D eigenvalue weighted by atomic mass is 9.76. The molecule has 0 saturated heterocycles. The van der Waals surface area contributed by atoms with Gasteiger partial charge in [0.05, 0.1) is 15.5 Å². The van der Waals surface area contributed by atoms with Crippen molar-refractivity contribution in [2.45, 2.75) is 43.0 Å². The summed E-state index contributed by atoms with van der Waals surface area (Å²) in [6.45, 7) is 1.93. The van der Waals surface area contributed by atoms with Crippen molar-refractivity contribution in [1.82, 2.24) is 4.72 Å². The number of nitrogens with one attached hydrogen (secondary N) is 1. The molecule has 0 radical (unpaired) electrons. The topological polar surface area (TPSA) is 83.5 Å². The average molecular weight is 397 g/mol. The minimum Gasteiger partial charge on any atom is -0.478 e. The summed E-state index contributed by atoms with van der Waals surface area (Å²) in [5.74, 6) is -1.27. The third-order valence-corrected chi connectivity index (χ3v) is 6.70. The van der Waals surface area contributed by atoms with Crippen LogP contribution in [0.2, 0.25) is 5.02 Å². The van der Waals surface area contributed by atoms with Crippen molar-refractivity contribution in [3.63, 3.8) is 0 Å². The number of carbonyl (C=O) groups is 1. The van der Waals surface area contributed by atoms with Crippen LogP contribution in [0, 0.1) is 0 Å². The van der Waals surface area contributed by atoms with Crippen LogP contribution < -0.4 is 4.72 Å². The number of hydrogen-bond acceptors (Lipinski definition) is 3. The van der Waals surface area contributed by atoms with Crippen molar-refractivity contribution in [3.05, 3.63) is 27.2 Å². The van der Waals surface area contributed by atoms with E-state index in [0.717, 1.165) is 25.3 Å². The predicted molar refractivity (Wildman–Crippen MR) is 83.3 cm³/mol.